The van der Waals surface area contributed by atoms with Crippen molar-refractivity contribution in [2.75, 3.05) is 24.7 Å². The van der Waals surface area contributed by atoms with E-state index < -0.39 is 0 Å². The second kappa shape index (κ2) is 7.36. The third-order valence-corrected chi connectivity index (χ3v) is 4.21. The summed E-state index contributed by atoms with van der Waals surface area (Å²) in [6.45, 7) is 10.7. The van der Waals surface area contributed by atoms with E-state index in [1.165, 1.54) is 16.4 Å². The Morgan fingerprint density at radius 3 is 2.83 bits per heavy atom. The van der Waals surface area contributed by atoms with Gasteiger partial charge in [0.15, 0.2) is 5.82 Å². The summed E-state index contributed by atoms with van der Waals surface area (Å²) >= 11 is 1.26. The molecule has 2 aromatic heterocycles. The zero-order chi connectivity index (χ0) is 17.0. The molecule has 2 rings (SSSR count). The Kier molecular flexibility index (Phi) is 5.49. The Labute approximate surface area is 139 Å². The van der Waals surface area contributed by atoms with E-state index in [9.17, 15) is 4.79 Å². The average molecular weight is 335 g/mol. The monoisotopic (exact) mass is 335 g/mol. The smallest absolute Gasteiger partial charge is 0.233 e. The maximum Gasteiger partial charge on any atom is 0.233 e. The van der Waals surface area contributed by atoms with Crippen LogP contribution in [-0.4, -0.2) is 44.5 Å². The van der Waals surface area contributed by atoms with Crippen LogP contribution in [0.25, 0.3) is 11.4 Å². The van der Waals surface area contributed by atoms with Gasteiger partial charge < -0.3 is 15.2 Å². The van der Waals surface area contributed by atoms with Gasteiger partial charge in [0.1, 0.15) is 5.76 Å². The molecule has 2 aromatic rings. The number of hydrogen-bond acceptors (Lipinski definition) is 6. The van der Waals surface area contributed by atoms with Gasteiger partial charge in [-0.25, -0.2) is 4.68 Å². The number of thioether (sulfide) groups is 1. The van der Waals surface area contributed by atoms with Gasteiger partial charge in [-0.05, 0) is 26.8 Å². The second-order valence-corrected chi connectivity index (χ2v) is 6.16. The van der Waals surface area contributed by atoms with Crippen molar-refractivity contribution in [2.45, 2.75) is 25.9 Å². The minimum absolute atomic E-state index is 0.0181. The van der Waals surface area contributed by atoms with Crippen molar-refractivity contribution in [3.63, 3.8) is 0 Å². The molecule has 0 unspecified atom stereocenters. The van der Waals surface area contributed by atoms with Gasteiger partial charge in [0.05, 0.1) is 17.6 Å². The van der Waals surface area contributed by atoms with E-state index in [1.54, 1.807) is 17.2 Å². The van der Waals surface area contributed by atoms with E-state index in [0.717, 1.165) is 16.9 Å². The number of aromatic nitrogens is 3. The number of carbonyl (C=O) groups excluding carboxylic acids is 1. The summed E-state index contributed by atoms with van der Waals surface area (Å²) in [6, 6.07) is 1.79. The fourth-order valence-electron chi connectivity index (χ4n) is 2.10. The van der Waals surface area contributed by atoms with Gasteiger partial charge in [-0.3, -0.25) is 4.79 Å². The number of likely N-dealkylation sites (N-methyl/N-ethyl adjacent to an activating group) is 1. The average Bonchev–Trinajstić information content (AvgIpc) is 3.08. The standard InChI is InChI=1S/C15H21N5O2S/c1-5-19(8-10(2)3)13(21)9-23-15-18-17-14(20(15)16)12-6-7-22-11(12)4/h6-7H,2,5,8-9,16H2,1,3-4H3. The van der Waals surface area contributed by atoms with Crippen LogP contribution < -0.4 is 5.84 Å². The number of nitrogens with zero attached hydrogens (tertiary/aromatic N) is 4. The van der Waals surface area contributed by atoms with Gasteiger partial charge >= 0.3 is 0 Å². The molecular formula is C15H21N5O2S. The molecule has 7 nitrogen and oxygen atoms in total. The number of amides is 1. The third-order valence-electron chi connectivity index (χ3n) is 3.28. The molecule has 23 heavy (non-hydrogen) atoms. The van der Waals surface area contributed by atoms with Gasteiger partial charge in [0, 0.05) is 13.1 Å². The summed E-state index contributed by atoms with van der Waals surface area (Å²) in [7, 11) is 0. The topological polar surface area (TPSA) is 90.2 Å². The first kappa shape index (κ1) is 17.1. The minimum atomic E-state index is 0.0181. The normalized spacial score (nSPS) is 10.7. The summed E-state index contributed by atoms with van der Waals surface area (Å²) in [5.41, 5.74) is 1.74. The highest BCUT2D eigenvalue weighted by atomic mass is 32.2. The summed E-state index contributed by atoms with van der Waals surface area (Å²) in [5, 5.41) is 8.62. The largest absolute Gasteiger partial charge is 0.469 e. The predicted octanol–water partition coefficient (Wildman–Crippen LogP) is 2.08. The lowest BCUT2D eigenvalue weighted by atomic mass is 10.2. The van der Waals surface area contributed by atoms with E-state index >= 15 is 0 Å². The number of hydrogen-bond donors (Lipinski definition) is 1. The van der Waals surface area contributed by atoms with Crippen LogP contribution in [0.3, 0.4) is 0 Å². The molecule has 1 amide bonds. The molecule has 0 radical (unpaired) electrons. The second-order valence-electron chi connectivity index (χ2n) is 5.22. The molecule has 2 N–H and O–H groups in total. The lowest BCUT2D eigenvalue weighted by molar-refractivity contribution is -0.127. The van der Waals surface area contributed by atoms with Crippen LogP contribution in [-0.2, 0) is 4.79 Å². The molecular weight excluding hydrogens is 314 g/mol. The van der Waals surface area contributed by atoms with Crippen molar-refractivity contribution in [3.05, 3.63) is 30.2 Å². The van der Waals surface area contributed by atoms with Crippen LogP contribution >= 0.6 is 11.8 Å². The molecule has 124 valence electrons. The molecule has 0 aliphatic rings. The van der Waals surface area contributed by atoms with Crippen molar-refractivity contribution >= 4 is 17.7 Å². The summed E-state index contributed by atoms with van der Waals surface area (Å²) in [6.07, 6.45) is 1.58. The van der Waals surface area contributed by atoms with Gasteiger partial charge in [0.25, 0.3) is 0 Å². The van der Waals surface area contributed by atoms with Crippen LogP contribution in [0.15, 0.2) is 34.1 Å². The summed E-state index contributed by atoms with van der Waals surface area (Å²) in [4.78, 5) is 14.0. The molecule has 0 aromatic carbocycles. The molecule has 0 aliphatic carbocycles. The Morgan fingerprint density at radius 1 is 1.52 bits per heavy atom. The fourth-order valence-corrected chi connectivity index (χ4v) is 2.86. The number of furan rings is 1. The van der Waals surface area contributed by atoms with Crippen LogP contribution in [0.5, 0.6) is 0 Å². The lowest BCUT2D eigenvalue weighted by Gasteiger charge is -2.20. The Bertz CT molecular complexity index is 707. The fraction of sp³-hybridized carbons (Fsp3) is 0.400. The summed E-state index contributed by atoms with van der Waals surface area (Å²) in [5.74, 6) is 7.53. The van der Waals surface area contributed by atoms with Gasteiger partial charge in [-0.2, -0.15) is 0 Å². The molecule has 0 aliphatic heterocycles. The van der Waals surface area contributed by atoms with Crippen molar-refractivity contribution in [3.8, 4) is 11.4 Å². The van der Waals surface area contributed by atoms with Crippen LogP contribution in [0, 0.1) is 6.92 Å². The molecule has 2 heterocycles. The Hall–Kier alpha value is -2.22. The van der Waals surface area contributed by atoms with Gasteiger partial charge in [0.2, 0.25) is 11.1 Å². The van der Waals surface area contributed by atoms with Crippen LogP contribution in [0.2, 0.25) is 0 Å². The van der Waals surface area contributed by atoms with Gasteiger partial charge in [-0.1, -0.05) is 23.9 Å². The number of carbonyl (C=O) groups is 1. The van der Waals surface area contributed by atoms with Crippen LogP contribution in [0.4, 0.5) is 0 Å². The highest BCUT2D eigenvalue weighted by molar-refractivity contribution is 7.99. The molecule has 0 saturated carbocycles. The maximum atomic E-state index is 12.2. The number of rotatable bonds is 7. The zero-order valence-electron chi connectivity index (χ0n) is 13.6. The van der Waals surface area contributed by atoms with Crippen molar-refractivity contribution in [1.82, 2.24) is 19.8 Å². The maximum absolute atomic E-state index is 12.2. The van der Waals surface area contributed by atoms with Gasteiger partial charge in [-0.15, -0.1) is 10.2 Å². The van der Waals surface area contributed by atoms with Crippen molar-refractivity contribution in [2.24, 2.45) is 0 Å². The Morgan fingerprint density at radius 2 is 2.26 bits per heavy atom. The molecule has 8 heteroatoms. The number of nitrogens with two attached hydrogens (primary N) is 1. The third kappa shape index (κ3) is 3.95. The van der Waals surface area contributed by atoms with E-state index in [2.05, 4.69) is 16.8 Å². The zero-order valence-corrected chi connectivity index (χ0v) is 14.4. The van der Waals surface area contributed by atoms with Crippen molar-refractivity contribution in [1.29, 1.82) is 0 Å². The quantitative estimate of drug-likeness (QED) is 0.473. The van der Waals surface area contributed by atoms with Crippen molar-refractivity contribution < 1.29 is 9.21 Å². The first-order valence-electron chi connectivity index (χ1n) is 7.24. The highest BCUT2D eigenvalue weighted by Crippen LogP contribution is 2.25. The molecule has 0 spiro atoms. The molecule has 0 saturated heterocycles. The van der Waals surface area contributed by atoms with E-state index in [0.29, 0.717) is 24.1 Å². The van der Waals surface area contributed by atoms with E-state index in [-0.39, 0.29) is 11.7 Å². The van der Waals surface area contributed by atoms with E-state index in [4.69, 9.17) is 10.3 Å². The highest BCUT2D eigenvalue weighted by Gasteiger charge is 2.18. The molecule has 0 bridgehead atoms. The number of nitrogen functional groups attached to an aromatic ring is 1. The first-order valence-corrected chi connectivity index (χ1v) is 8.22. The lowest BCUT2D eigenvalue weighted by Crippen LogP contribution is -2.33. The van der Waals surface area contributed by atoms with E-state index in [1.807, 2.05) is 20.8 Å². The summed E-state index contributed by atoms with van der Waals surface area (Å²) < 4.78 is 6.63. The Balaban J connectivity index is 2.04. The SMILES string of the molecule is C=C(C)CN(CC)C(=O)CSc1nnc(-c2ccoc2C)n1N. The molecule has 0 fully saturated rings. The predicted molar refractivity (Wildman–Crippen MR) is 90.4 cm³/mol. The first-order chi connectivity index (χ1) is 10.9. The minimum Gasteiger partial charge on any atom is -0.469 e. The van der Waals surface area contributed by atoms with Crippen LogP contribution in [0.1, 0.15) is 19.6 Å². The molecule has 0 atom stereocenters. The number of aryl methyl sites for hydroxylation is 1.